The summed E-state index contributed by atoms with van der Waals surface area (Å²) in [6, 6.07) is 5.77. The van der Waals surface area contributed by atoms with Crippen molar-refractivity contribution >= 4 is 17.5 Å². The van der Waals surface area contributed by atoms with Crippen LogP contribution in [0.15, 0.2) is 18.2 Å². The molecule has 1 aromatic rings. The van der Waals surface area contributed by atoms with Gasteiger partial charge in [0.2, 0.25) is 5.91 Å². The van der Waals surface area contributed by atoms with Crippen LogP contribution in [0.4, 0.5) is 0 Å². The van der Waals surface area contributed by atoms with Crippen LogP contribution < -0.4 is 4.74 Å². The Bertz CT molecular complexity index is 443. The molecule has 0 aliphatic carbocycles. The molecule has 1 aliphatic heterocycles. The van der Waals surface area contributed by atoms with Crippen molar-refractivity contribution in [2.24, 2.45) is 0 Å². The van der Waals surface area contributed by atoms with Gasteiger partial charge in [-0.3, -0.25) is 4.79 Å². The number of hydrogen-bond donors (Lipinski definition) is 0. The van der Waals surface area contributed by atoms with E-state index in [2.05, 4.69) is 0 Å². The van der Waals surface area contributed by atoms with Crippen molar-refractivity contribution in [3.05, 3.63) is 29.3 Å². The number of carbonyl (C=O) groups is 1. The minimum Gasteiger partial charge on any atom is -0.493 e. The highest BCUT2D eigenvalue weighted by atomic mass is 35.5. The van der Waals surface area contributed by atoms with E-state index < -0.39 is 5.38 Å². The lowest BCUT2D eigenvalue weighted by atomic mass is 10.1. The van der Waals surface area contributed by atoms with Gasteiger partial charge < -0.3 is 9.64 Å². The lowest BCUT2D eigenvalue weighted by Gasteiger charge is -2.22. The molecule has 0 radical (unpaired) electrons. The van der Waals surface area contributed by atoms with Crippen LogP contribution in [-0.4, -0.2) is 30.5 Å². The Kier molecular flexibility index (Phi) is 4.12. The number of nitrogens with zero attached hydrogens (tertiary/aromatic N) is 1. The first kappa shape index (κ1) is 13.2. The fraction of sp³-hybridized carbons (Fsp3) is 0.500. The summed E-state index contributed by atoms with van der Waals surface area (Å²) >= 11 is 6.28. The van der Waals surface area contributed by atoms with Crippen molar-refractivity contribution in [1.29, 1.82) is 0 Å². The summed E-state index contributed by atoms with van der Waals surface area (Å²) in [6.45, 7) is 6.01. The van der Waals surface area contributed by atoms with Crippen molar-refractivity contribution < 1.29 is 9.53 Å². The maximum atomic E-state index is 12.2. The Labute approximate surface area is 113 Å². The van der Waals surface area contributed by atoms with Crippen LogP contribution >= 0.6 is 11.6 Å². The van der Waals surface area contributed by atoms with Crippen LogP contribution in [0.5, 0.6) is 5.75 Å². The molecule has 1 amide bonds. The van der Waals surface area contributed by atoms with Crippen LogP contribution in [-0.2, 0) is 11.2 Å². The van der Waals surface area contributed by atoms with Crippen molar-refractivity contribution in [3.63, 3.8) is 0 Å². The van der Waals surface area contributed by atoms with Crippen LogP contribution in [0.3, 0.4) is 0 Å². The molecule has 4 heteroatoms. The Morgan fingerprint density at radius 2 is 2.17 bits per heavy atom. The van der Waals surface area contributed by atoms with Gasteiger partial charge in [-0.25, -0.2) is 0 Å². The van der Waals surface area contributed by atoms with Crippen LogP contribution in [0.2, 0.25) is 0 Å². The van der Waals surface area contributed by atoms with Gasteiger partial charge in [0.05, 0.1) is 6.61 Å². The second kappa shape index (κ2) is 5.61. The molecule has 1 unspecified atom stereocenters. The van der Waals surface area contributed by atoms with Gasteiger partial charge in [0, 0.05) is 19.5 Å². The Balaban J connectivity index is 2.18. The summed E-state index contributed by atoms with van der Waals surface area (Å²) in [4.78, 5) is 13.9. The van der Waals surface area contributed by atoms with Gasteiger partial charge in [0.25, 0.3) is 0 Å². The van der Waals surface area contributed by atoms with Gasteiger partial charge in [-0.15, -0.1) is 11.6 Å². The molecule has 1 aliphatic rings. The largest absolute Gasteiger partial charge is 0.493 e. The van der Waals surface area contributed by atoms with E-state index in [-0.39, 0.29) is 5.91 Å². The summed E-state index contributed by atoms with van der Waals surface area (Å²) in [7, 11) is 0. The van der Waals surface area contributed by atoms with Crippen molar-refractivity contribution in [2.75, 3.05) is 19.7 Å². The smallest absolute Gasteiger partial charge is 0.245 e. The average molecular weight is 268 g/mol. The highest BCUT2D eigenvalue weighted by Crippen LogP contribution is 2.31. The van der Waals surface area contributed by atoms with Gasteiger partial charge in [0.1, 0.15) is 11.1 Å². The number of likely N-dealkylation sites (N-methyl/N-ethyl adjacent to an activating group) is 1. The van der Waals surface area contributed by atoms with Gasteiger partial charge >= 0.3 is 0 Å². The van der Waals surface area contributed by atoms with Gasteiger partial charge in [-0.2, -0.15) is 0 Å². The molecule has 1 aromatic carbocycles. The summed E-state index contributed by atoms with van der Waals surface area (Å²) in [5.74, 6) is 0.887. The number of ether oxygens (including phenoxy) is 1. The molecule has 0 saturated carbocycles. The summed E-state index contributed by atoms with van der Waals surface area (Å²) in [5, 5.41) is -0.601. The van der Waals surface area contributed by atoms with Gasteiger partial charge in [-0.05, 0) is 37.1 Å². The SMILES string of the molecule is CCN(CC)C(=O)C(Cl)c1ccc2c(c1)CCO2. The summed E-state index contributed by atoms with van der Waals surface area (Å²) in [5.41, 5.74) is 2.00. The quantitative estimate of drug-likeness (QED) is 0.785. The molecule has 1 atom stereocenters. The third kappa shape index (κ3) is 2.46. The summed E-state index contributed by atoms with van der Waals surface area (Å²) in [6.07, 6.45) is 0.895. The molecule has 0 spiro atoms. The lowest BCUT2D eigenvalue weighted by Crippen LogP contribution is -2.33. The normalized spacial score (nSPS) is 14.8. The van der Waals surface area contributed by atoms with E-state index >= 15 is 0 Å². The number of fused-ring (bicyclic) bond motifs is 1. The van der Waals surface area contributed by atoms with E-state index in [0.717, 1.165) is 29.9 Å². The van der Waals surface area contributed by atoms with E-state index in [1.165, 1.54) is 0 Å². The van der Waals surface area contributed by atoms with Crippen LogP contribution in [0, 0.1) is 0 Å². The van der Waals surface area contributed by atoms with E-state index in [4.69, 9.17) is 16.3 Å². The first-order chi connectivity index (χ1) is 8.67. The minimum atomic E-state index is -0.601. The fourth-order valence-corrected chi connectivity index (χ4v) is 2.48. The van der Waals surface area contributed by atoms with Crippen molar-refractivity contribution in [2.45, 2.75) is 25.6 Å². The molecule has 18 heavy (non-hydrogen) atoms. The molecule has 3 nitrogen and oxygen atoms in total. The Morgan fingerprint density at radius 1 is 1.44 bits per heavy atom. The third-order valence-corrected chi connectivity index (χ3v) is 3.74. The maximum absolute atomic E-state index is 12.2. The van der Waals surface area contributed by atoms with Crippen molar-refractivity contribution in [3.8, 4) is 5.75 Å². The first-order valence-electron chi connectivity index (χ1n) is 6.35. The minimum absolute atomic E-state index is 0.0273. The van der Waals surface area contributed by atoms with E-state index in [1.807, 2.05) is 32.0 Å². The van der Waals surface area contributed by atoms with Crippen molar-refractivity contribution in [1.82, 2.24) is 4.90 Å². The Morgan fingerprint density at radius 3 is 2.83 bits per heavy atom. The van der Waals surface area contributed by atoms with E-state index in [9.17, 15) is 4.79 Å². The number of rotatable bonds is 4. The zero-order valence-electron chi connectivity index (χ0n) is 10.8. The van der Waals surface area contributed by atoms with Crippen LogP contribution in [0.25, 0.3) is 0 Å². The maximum Gasteiger partial charge on any atom is 0.245 e. The lowest BCUT2D eigenvalue weighted by molar-refractivity contribution is -0.130. The second-order valence-corrected chi connectivity index (χ2v) is 4.78. The van der Waals surface area contributed by atoms with E-state index in [0.29, 0.717) is 13.1 Å². The molecule has 0 fully saturated rings. The number of amides is 1. The number of alkyl halides is 1. The average Bonchev–Trinajstić information content (AvgIpc) is 2.86. The number of hydrogen-bond acceptors (Lipinski definition) is 2. The molecular weight excluding hydrogens is 250 g/mol. The Hall–Kier alpha value is -1.22. The highest BCUT2D eigenvalue weighted by molar-refractivity contribution is 6.30. The predicted molar refractivity (Wildman–Crippen MR) is 72.2 cm³/mol. The molecule has 2 rings (SSSR count). The number of halogens is 1. The van der Waals surface area contributed by atoms with E-state index in [1.54, 1.807) is 4.90 Å². The number of benzene rings is 1. The zero-order chi connectivity index (χ0) is 13.1. The second-order valence-electron chi connectivity index (χ2n) is 4.34. The topological polar surface area (TPSA) is 29.5 Å². The fourth-order valence-electron chi connectivity index (χ4n) is 2.20. The molecular formula is C14H18ClNO2. The highest BCUT2D eigenvalue weighted by Gasteiger charge is 2.23. The monoisotopic (exact) mass is 267 g/mol. The molecule has 98 valence electrons. The molecule has 0 aromatic heterocycles. The molecule has 0 saturated heterocycles. The van der Waals surface area contributed by atoms with Gasteiger partial charge in [0.15, 0.2) is 0 Å². The first-order valence-corrected chi connectivity index (χ1v) is 6.79. The molecule has 1 heterocycles. The number of carbonyl (C=O) groups excluding carboxylic acids is 1. The molecule has 0 N–H and O–H groups in total. The molecule has 0 bridgehead atoms. The summed E-state index contributed by atoms with van der Waals surface area (Å²) < 4.78 is 5.45. The van der Waals surface area contributed by atoms with Gasteiger partial charge in [-0.1, -0.05) is 6.07 Å². The predicted octanol–water partition coefficient (Wildman–Crippen LogP) is 2.77. The third-order valence-electron chi connectivity index (χ3n) is 3.30. The van der Waals surface area contributed by atoms with Crippen LogP contribution in [0.1, 0.15) is 30.4 Å². The standard InChI is InChI=1S/C14H18ClNO2/c1-3-16(4-2)14(17)13(15)11-5-6-12-10(9-11)7-8-18-12/h5-6,9,13H,3-4,7-8H2,1-2H3. The zero-order valence-corrected chi connectivity index (χ0v) is 11.5.